The van der Waals surface area contributed by atoms with Crippen molar-refractivity contribution < 1.29 is 0 Å². The molecule has 22 heavy (non-hydrogen) atoms. The van der Waals surface area contributed by atoms with Crippen molar-refractivity contribution in [1.82, 2.24) is 5.01 Å². The van der Waals surface area contributed by atoms with Gasteiger partial charge in [-0.25, -0.2) is 0 Å². The number of azo groups is 1. The zero-order valence-corrected chi connectivity index (χ0v) is 13.8. The summed E-state index contributed by atoms with van der Waals surface area (Å²) in [5, 5.41) is 13.5. The molecule has 2 aromatic carbocycles. The van der Waals surface area contributed by atoms with Crippen LogP contribution in [0, 0.1) is 0 Å². The van der Waals surface area contributed by atoms with Crippen LogP contribution in [0.25, 0.3) is 0 Å². The smallest absolute Gasteiger partial charge is 0.167 e. The number of hydrogen-bond donors (Lipinski definition) is 1. The summed E-state index contributed by atoms with van der Waals surface area (Å²) in [5.74, 6) is 0. The third-order valence-corrected chi connectivity index (χ3v) is 3.85. The summed E-state index contributed by atoms with van der Waals surface area (Å²) in [5.41, 5.74) is 9.28. The molecule has 5 nitrogen and oxygen atoms in total. The molecular weight excluding hydrogens is 321 g/mol. The van der Waals surface area contributed by atoms with Crippen LogP contribution < -0.4 is 10.7 Å². The van der Waals surface area contributed by atoms with Crippen LogP contribution in [-0.2, 0) is 0 Å². The molecule has 0 aromatic heterocycles. The van der Waals surface area contributed by atoms with Crippen molar-refractivity contribution in [2.24, 2.45) is 10.2 Å². The van der Waals surface area contributed by atoms with E-state index in [0.717, 1.165) is 16.9 Å². The van der Waals surface area contributed by atoms with Crippen LogP contribution >= 0.6 is 24.0 Å². The summed E-state index contributed by atoms with van der Waals surface area (Å²) in [6.07, 6.45) is -0.179. The van der Waals surface area contributed by atoms with E-state index >= 15 is 0 Å². The summed E-state index contributed by atoms with van der Waals surface area (Å²) in [6, 6.07) is 13.1. The Bertz CT molecular complexity index is 687. The second kappa shape index (κ2) is 6.52. The van der Waals surface area contributed by atoms with Gasteiger partial charge in [-0.05, 0) is 42.5 Å². The van der Waals surface area contributed by atoms with Gasteiger partial charge >= 0.3 is 0 Å². The molecule has 1 aliphatic rings. The molecule has 116 valence electrons. The van der Waals surface area contributed by atoms with E-state index in [1.165, 1.54) is 0 Å². The minimum Gasteiger partial charge on any atom is -0.399 e. The number of hydrazine groups is 1. The number of halogens is 2. The molecule has 2 N–H and O–H groups in total. The predicted octanol–water partition coefficient (Wildman–Crippen LogP) is 4.42. The van der Waals surface area contributed by atoms with Crippen molar-refractivity contribution in [2.45, 2.75) is 6.17 Å². The van der Waals surface area contributed by atoms with Gasteiger partial charge in [0.1, 0.15) is 0 Å². The number of nitrogens with two attached hydrogens (primary N) is 1. The Hall–Kier alpha value is -1.82. The molecule has 0 bridgehead atoms. The highest BCUT2D eigenvalue weighted by atomic mass is 35.5. The lowest BCUT2D eigenvalue weighted by molar-refractivity contribution is 0.263. The first kappa shape index (κ1) is 16.5. The molecule has 1 heterocycles. The summed E-state index contributed by atoms with van der Waals surface area (Å²) in [7, 11) is 3.96. The Morgan fingerprint density at radius 1 is 1.09 bits per heavy atom. The van der Waals surface area contributed by atoms with E-state index in [0.29, 0.717) is 10.7 Å². The van der Waals surface area contributed by atoms with Gasteiger partial charge in [0, 0.05) is 30.4 Å². The summed E-state index contributed by atoms with van der Waals surface area (Å²) >= 11 is 6.10. The summed E-state index contributed by atoms with van der Waals surface area (Å²) in [6.45, 7) is 0. The fourth-order valence-electron chi connectivity index (χ4n) is 2.36. The molecular formula is C15H17Cl2N5. The van der Waals surface area contributed by atoms with Gasteiger partial charge in [-0.1, -0.05) is 11.6 Å². The van der Waals surface area contributed by atoms with Crippen LogP contribution in [0.15, 0.2) is 52.7 Å². The number of fused-ring (bicyclic) bond motifs is 1. The van der Waals surface area contributed by atoms with Crippen LogP contribution in [0.1, 0.15) is 11.7 Å². The minimum atomic E-state index is -0.179. The Morgan fingerprint density at radius 3 is 2.45 bits per heavy atom. The fourth-order valence-corrected chi connectivity index (χ4v) is 2.54. The molecule has 1 aliphatic heterocycles. The highest BCUT2D eigenvalue weighted by Gasteiger charge is 2.32. The Labute approximate surface area is 140 Å². The molecule has 0 fully saturated rings. The number of anilines is 2. The number of nitrogens with zero attached hydrogens (tertiary/aromatic N) is 4. The Kier molecular flexibility index (Phi) is 4.90. The summed E-state index contributed by atoms with van der Waals surface area (Å²) in [4.78, 5) is 0. The number of hydrogen-bond acceptors (Lipinski definition) is 5. The van der Waals surface area contributed by atoms with E-state index in [1.54, 1.807) is 0 Å². The van der Waals surface area contributed by atoms with Gasteiger partial charge in [-0.3, -0.25) is 0 Å². The third kappa shape index (κ3) is 3.02. The van der Waals surface area contributed by atoms with Gasteiger partial charge < -0.3 is 10.7 Å². The molecule has 2 aromatic rings. The van der Waals surface area contributed by atoms with E-state index in [-0.39, 0.29) is 18.6 Å². The van der Waals surface area contributed by atoms with E-state index in [2.05, 4.69) is 10.2 Å². The molecule has 0 spiro atoms. The number of rotatable bonds is 2. The second-order valence-corrected chi connectivity index (χ2v) is 5.42. The van der Waals surface area contributed by atoms with Crippen molar-refractivity contribution in [3.63, 3.8) is 0 Å². The zero-order valence-electron chi connectivity index (χ0n) is 12.3. The standard InChI is InChI=1S/C15H16ClN5.ClH/c1-20-14-8-3-10(16)9-13(14)15(21(20)2)19-18-12-6-4-11(17)5-7-12;/h3-9,15H,17H2,1-2H3;1H. The quantitative estimate of drug-likeness (QED) is 0.651. The van der Waals surface area contributed by atoms with Gasteiger partial charge in [-0.15, -0.1) is 12.4 Å². The average Bonchev–Trinajstić information content (AvgIpc) is 2.70. The Balaban J connectivity index is 0.00000176. The van der Waals surface area contributed by atoms with Crippen molar-refractivity contribution in [3.8, 4) is 0 Å². The summed E-state index contributed by atoms with van der Waals surface area (Å²) < 4.78 is 0. The average molecular weight is 338 g/mol. The lowest BCUT2D eigenvalue weighted by Gasteiger charge is -2.23. The SMILES string of the molecule is CN1c2ccc(Cl)cc2C(N=Nc2ccc(N)cc2)N1C.Cl. The van der Waals surface area contributed by atoms with Crippen LogP contribution in [0.4, 0.5) is 17.1 Å². The van der Waals surface area contributed by atoms with Crippen molar-refractivity contribution in [2.75, 3.05) is 24.8 Å². The molecule has 7 heteroatoms. The number of nitrogen functional groups attached to an aromatic ring is 1. The molecule has 0 saturated heterocycles. The molecule has 1 unspecified atom stereocenters. The van der Waals surface area contributed by atoms with Crippen LogP contribution in [0.3, 0.4) is 0 Å². The highest BCUT2D eigenvalue weighted by molar-refractivity contribution is 6.30. The molecule has 0 amide bonds. The van der Waals surface area contributed by atoms with E-state index in [9.17, 15) is 0 Å². The normalized spacial score (nSPS) is 17.6. The van der Waals surface area contributed by atoms with Crippen LogP contribution in [-0.4, -0.2) is 19.1 Å². The largest absolute Gasteiger partial charge is 0.399 e. The van der Waals surface area contributed by atoms with Crippen molar-refractivity contribution >= 4 is 41.1 Å². The lowest BCUT2D eigenvalue weighted by atomic mass is 10.1. The van der Waals surface area contributed by atoms with Gasteiger partial charge in [0.25, 0.3) is 0 Å². The van der Waals surface area contributed by atoms with Gasteiger partial charge in [0.15, 0.2) is 6.17 Å². The maximum Gasteiger partial charge on any atom is 0.167 e. The van der Waals surface area contributed by atoms with Gasteiger partial charge in [0.2, 0.25) is 0 Å². The minimum absolute atomic E-state index is 0. The van der Waals surface area contributed by atoms with Crippen LogP contribution in [0.2, 0.25) is 5.02 Å². The maximum atomic E-state index is 6.10. The number of benzene rings is 2. The third-order valence-electron chi connectivity index (χ3n) is 3.62. The molecule has 0 radical (unpaired) electrons. The first-order valence-electron chi connectivity index (χ1n) is 6.58. The van der Waals surface area contributed by atoms with Gasteiger partial charge in [0.05, 0.1) is 11.4 Å². The molecule has 0 saturated carbocycles. The first-order valence-corrected chi connectivity index (χ1v) is 6.96. The van der Waals surface area contributed by atoms with Crippen molar-refractivity contribution in [3.05, 3.63) is 53.1 Å². The molecule has 3 rings (SSSR count). The van der Waals surface area contributed by atoms with E-state index in [4.69, 9.17) is 17.3 Å². The predicted molar refractivity (Wildman–Crippen MR) is 93.0 cm³/mol. The molecule has 1 atom stereocenters. The fraction of sp³-hybridized carbons (Fsp3) is 0.200. The van der Waals surface area contributed by atoms with Crippen LogP contribution in [0.5, 0.6) is 0 Å². The highest BCUT2D eigenvalue weighted by Crippen LogP contribution is 2.40. The molecule has 0 aliphatic carbocycles. The van der Waals surface area contributed by atoms with Gasteiger partial charge in [-0.2, -0.15) is 15.2 Å². The Morgan fingerprint density at radius 2 is 1.77 bits per heavy atom. The maximum absolute atomic E-state index is 6.10. The lowest BCUT2D eigenvalue weighted by Crippen LogP contribution is -2.32. The topological polar surface area (TPSA) is 57.2 Å². The van der Waals surface area contributed by atoms with Crippen molar-refractivity contribution in [1.29, 1.82) is 0 Å². The zero-order chi connectivity index (χ0) is 15.0. The monoisotopic (exact) mass is 337 g/mol. The van der Waals surface area contributed by atoms with E-state index in [1.807, 2.05) is 66.6 Å². The van der Waals surface area contributed by atoms with E-state index < -0.39 is 0 Å². The first-order chi connectivity index (χ1) is 10.1. The second-order valence-electron chi connectivity index (χ2n) is 4.98.